The van der Waals surface area contributed by atoms with Crippen LogP contribution in [0.3, 0.4) is 0 Å². The highest BCUT2D eigenvalue weighted by Gasteiger charge is 2.08. The first kappa shape index (κ1) is 16.8. The molecule has 0 bridgehead atoms. The molecule has 20 heavy (non-hydrogen) atoms. The molecule has 0 spiro atoms. The molecule has 0 radical (unpaired) electrons. The molecule has 0 aliphatic rings. The molecule has 0 saturated heterocycles. The fourth-order valence-electron chi connectivity index (χ4n) is 2.72. The third-order valence-corrected chi connectivity index (χ3v) is 3.69. The number of aryl methyl sites for hydroxylation is 1. The molecule has 1 aromatic rings. The predicted molar refractivity (Wildman–Crippen MR) is 88.9 cm³/mol. The van der Waals surface area contributed by atoms with Crippen molar-refractivity contribution in [3.05, 3.63) is 47.2 Å². The van der Waals surface area contributed by atoms with Gasteiger partial charge in [0.1, 0.15) is 0 Å². The number of hydrogen-bond acceptors (Lipinski definition) is 2. The summed E-state index contributed by atoms with van der Waals surface area (Å²) in [5.41, 5.74) is 10.7. The molecule has 0 amide bonds. The van der Waals surface area contributed by atoms with Gasteiger partial charge in [-0.1, -0.05) is 38.6 Å². The van der Waals surface area contributed by atoms with E-state index in [1.54, 1.807) is 0 Å². The molecule has 0 heterocycles. The van der Waals surface area contributed by atoms with Crippen LogP contribution in [-0.4, -0.2) is 24.5 Å². The van der Waals surface area contributed by atoms with Crippen molar-refractivity contribution < 1.29 is 0 Å². The van der Waals surface area contributed by atoms with Gasteiger partial charge < -0.3 is 10.6 Å². The number of nitrogens with two attached hydrogens (primary N) is 1. The molecule has 112 valence electrons. The number of hydrogen-bond donors (Lipinski definition) is 1. The van der Waals surface area contributed by atoms with Crippen molar-refractivity contribution >= 4 is 0 Å². The normalized spacial score (nSPS) is 11.0. The Labute approximate surface area is 124 Å². The summed E-state index contributed by atoms with van der Waals surface area (Å²) < 4.78 is 0. The predicted octanol–water partition coefficient (Wildman–Crippen LogP) is 3.67. The molecule has 0 aliphatic heterocycles. The Morgan fingerprint density at radius 2 is 1.80 bits per heavy atom. The zero-order chi connectivity index (χ0) is 15.0. The van der Waals surface area contributed by atoms with Gasteiger partial charge in [-0.2, -0.15) is 0 Å². The van der Waals surface area contributed by atoms with Crippen LogP contribution in [0.15, 0.2) is 30.5 Å². The number of nitrogens with zero attached hydrogens (tertiary/aromatic N) is 1. The van der Waals surface area contributed by atoms with Gasteiger partial charge in [0.15, 0.2) is 0 Å². The number of allylic oxidation sites excluding steroid dienone is 1. The first-order valence-corrected chi connectivity index (χ1v) is 7.81. The van der Waals surface area contributed by atoms with Crippen LogP contribution in [-0.2, 0) is 12.8 Å². The van der Waals surface area contributed by atoms with E-state index in [9.17, 15) is 0 Å². The lowest BCUT2D eigenvalue weighted by atomic mass is 9.96. The minimum Gasteiger partial charge on any atom is -0.402 e. The average molecular weight is 274 g/mol. The number of benzene rings is 1. The summed E-state index contributed by atoms with van der Waals surface area (Å²) in [6.45, 7) is 14.0. The summed E-state index contributed by atoms with van der Waals surface area (Å²) >= 11 is 0. The second kappa shape index (κ2) is 8.80. The van der Waals surface area contributed by atoms with E-state index in [-0.39, 0.29) is 0 Å². The summed E-state index contributed by atoms with van der Waals surface area (Å²) in [6, 6.07) is 6.55. The molecule has 0 saturated carbocycles. The lowest BCUT2D eigenvalue weighted by Crippen LogP contribution is -2.28. The van der Waals surface area contributed by atoms with Crippen molar-refractivity contribution in [2.45, 2.75) is 46.5 Å². The standard InChI is InChI=1S/C18H30N2/c1-5-11-20(12-6-2)13-10-17-9-7-8-15(3)18(17)14-16(4)19/h7-9H,4-6,10-14,19H2,1-3H3. The monoisotopic (exact) mass is 274 g/mol. The van der Waals surface area contributed by atoms with E-state index in [2.05, 4.69) is 50.4 Å². The topological polar surface area (TPSA) is 29.3 Å². The average Bonchev–Trinajstić information content (AvgIpc) is 2.39. The van der Waals surface area contributed by atoms with Crippen LogP contribution in [0.2, 0.25) is 0 Å². The zero-order valence-corrected chi connectivity index (χ0v) is 13.4. The highest BCUT2D eigenvalue weighted by atomic mass is 15.1. The summed E-state index contributed by atoms with van der Waals surface area (Å²) in [7, 11) is 0. The Kier molecular flexibility index (Phi) is 7.38. The Bertz CT molecular complexity index is 417. The Balaban J connectivity index is 2.75. The molecular weight excluding hydrogens is 244 g/mol. The largest absolute Gasteiger partial charge is 0.402 e. The molecule has 0 atom stereocenters. The van der Waals surface area contributed by atoms with Crippen molar-refractivity contribution in [3.63, 3.8) is 0 Å². The maximum Gasteiger partial charge on any atom is 0.0120 e. The molecule has 2 N–H and O–H groups in total. The first-order chi connectivity index (χ1) is 9.58. The number of rotatable bonds is 9. The van der Waals surface area contributed by atoms with Gasteiger partial charge in [0.2, 0.25) is 0 Å². The fraction of sp³-hybridized carbons (Fsp3) is 0.556. The minimum atomic E-state index is 0.750. The highest BCUT2D eigenvalue weighted by Crippen LogP contribution is 2.17. The zero-order valence-electron chi connectivity index (χ0n) is 13.4. The van der Waals surface area contributed by atoms with Crippen LogP contribution < -0.4 is 5.73 Å². The summed E-state index contributed by atoms with van der Waals surface area (Å²) in [4.78, 5) is 2.56. The van der Waals surface area contributed by atoms with Crippen molar-refractivity contribution in [2.24, 2.45) is 5.73 Å². The summed E-state index contributed by atoms with van der Waals surface area (Å²) in [5, 5.41) is 0. The van der Waals surface area contributed by atoms with Crippen molar-refractivity contribution in [2.75, 3.05) is 19.6 Å². The molecule has 0 unspecified atom stereocenters. The van der Waals surface area contributed by atoms with Gasteiger partial charge in [0, 0.05) is 18.7 Å². The van der Waals surface area contributed by atoms with Crippen LogP contribution >= 0.6 is 0 Å². The molecule has 0 fully saturated rings. The molecule has 0 aliphatic carbocycles. The Morgan fingerprint density at radius 3 is 2.35 bits per heavy atom. The highest BCUT2D eigenvalue weighted by molar-refractivity contribution is 5.37. The van der Waals surface area contributed by atoms with Crippen molar-refractivity contribution in [3.8, 4) is 0 Å². The van der Waals surface area contributed by atoms with Crippen molar-refractivity contribution in [1.29, 1.82) is 0 Å². The fourth-order valence-corrected chi connectivity index (χ4v) is 2.72. The minimum absolute atomic E-state index is 0.750. The lowest BCUT2D eigenvalue weighted by Gasteiger charge is -2.22. The van der Waals surface area contributed by atoms with E-state index in [1.807, 2.05) is 0 Å². The smallest absolute Gasteiger partial charge is 0.0120 e. The molecule has 2 nitrogen and oxygen atoms in total. The second-order valence-electron chi connectivity index (χ2n) is 5.64. The van der Waals surface area contributed by atoms with Crippen LogP contribution in [0.1, 0.15) is 43.4 Å². The van der Waals surface area contributed by atoms with Crippen LogP contribution in [0.4, 0.5) is 0 Å². The van der Waals surface area contributed by atoms with Gasteiger partial charge in [-0.3, -0.25) is 0 Å². The second-order valence-corrected chi connectivity index (χ2v) is 5.64. The molecule has 1 rings (SSSR count). The Hall–Kier alpha value is -1.28. The van der Waals surface area contributed by atoms with Crippen LogP contribution in [0.25, 0.3) is 0 Å². The summed E-state index contributed by atoms with van der Waals surface area (Å²) in [6.07, 6.45) is 4.34. The molecular formula is C18H30N2. The quantitative estimate of drug-likeness (QED) is 0.744. The van der Waals surface area contributed by atoms with Gasteiger partial charge in [0.25, 0.3) is 0 Å². The van der Waals surface area contributed by atoms with Gasteiger partial charge >= 0.3 is 0 Å². The molecule has 1 aromatic carbocycles. The summed E-state index contributed by atoms with van der Waals surface area (Å²) in [5.74, 6) is 0. The Morgan fingerprint density at radius 1 is 1.15 bits per heavy atom. The van der Waals surface area contributed by atoms with E-state index in [1.165, 1.54) is 42.6 Å². The van der Waals surface area contributed by atoms with Crippen LogP contribution in [0.5, 0.6) is 0 Å². The van der Waals surface area contributed by atoms with Gasteiger partial charge in [-0.15, -0.1) is 0 Å². The third kappa shape index (κ3) is 5.38. The molecule has 0 aromatic heterocycles. The van der Waals surface area contributed by atoms with Gasteiger partial charge in [-0.05, 0) is 56.0 Å². The van der Waals surface area contributed by atoms with E-state index in [4.69, 9.17) is 5.73 Å². The maximum absolute atomic E-state index is 5.81. The molecule has 2 heteroatoms. The van der Waals surface area contributed by atoms with E-state index < -0.39 is 0 Å². The SMILES string of the molecule is C=C(N)Cc1c(C)cccc1CCN(CCC)CCC. The van der Waals surface area contributed by atoms with E-state index in [0.717, 1.165) is 25.1 Å². The van der Waals surface area contributed by atoms with Gasteiger partial charge in [-0.25, -0.2) is 0 Å². The lowest BCUT2D eigenvalue weighted by molar-refractivity contribution is 0.278. The van der Waals surface area contributed by atoms with Crippen molar-refractivity contribution in [1.82, 2.24) is 4.90 Å². The van der Waals surface area contributed by atoms with Gasteiger partial charge in [0.05, 0.1) is 0 Å². The third-order valence-electron chi connectivity index (χ3n) is 3.69. The first-order valence-electron chi connectivity index (χ1n) is 7.81. The van der Waals surface area contributed by atoms with Crippen LogP contribution in [0, 0.1) is 6.92 Å². The van der Waals surface area contributed by atoms with E-state index in [0.29, 0.717) is 0 Å². The maximum atomic E-state index is 5.81. The van der Waals surface area contributed by atoms with E-state index >= 15 is 0 Å².